The summed E-state index contributed by atoms with van der Waals surface area (Å²) in [6, 6.07) is 5.44. The van der Waals surface area contributed by atoms with Crippen LogP contribution >= 0.6 is 0 Å². The predicted molar refractivity (Wildman–Crippen MR) is 58.9 cm³/mol. The number of ketones is 1. The number of nitrogens with zero attached hydrogens (tertiary/aromatic N) is 2. The van der Waals surface area contributed by atoms with Gasteiger partial charge in [-0.05, 0) is 24.3 Å². The van der Waals surface area contributed by atoms with E-state index in [1.165, 1.54) is 30.5 Å². The van der Waals surface area contributed by atoms with E-state index in [-0.39, 0.29) is 18.1 Å². The molecular weight excluding hydrogens is 223 g/mol. The van der Waals surface area contributed by atoms with Crippen molar-refractivity contribution < 1.29 is 13.6 Å². The van der Waals surface area contributed by atoms with Gasteiger partial charge in [0.2, 0.25) is 0 Å². The molecule has 2 rings (SSSR count). The van der Waals surface area contributed by atoms with Crippen LogP contribution in [-0.4, -0.2) is 17.4 Å². The molecule has 1 aromatic carbocycles. The summed E-state index contributed by atoms with van der Waals surface area (Å²) in [6.07, 6.45) is 3.09. The van der Waals surface area contributed by atoms with Crippen LogP contribution in [0.1, 0.15) is 10.4 Å². The van der Waals surface area contributed by atoms with Crippen LogP contribution in [0, 0.1) is 5.82 Å². The van der Waals surface area contributed by atoms with Gasteiger partial charge in [-0.15, -0.1) is 0 Å². The first kappa shape index (κ1) is 11.3. The Morgan fingerprint density at radius 1 is 1.41 bits per heavy atom. The molecular formula is C12H11FN2O2. The fourth-order valence-electron chi connectivity index (χ4n) is 1.48. The lowest BCUT2D eigenvalue weighted by molar-refractivity contribution is 0.0969. The summed E-state index contributed by atoms with van der Waals surface area (Å²) in [7, 11) is 1.58. The van der Waals surface area contributed by atoms with Crippen LogP contribution in [0.3, 0.4) is 0 Å². The lowest BCUT2D eigenvalue weighted by Gasteiger charge is -2.01. The van der Waals surface area contributed by atoms with Crippen molar-refractivity contribution in [1.82, 2.24) is 4.57 Å². The van der Waals surface area contributed by atoms with Crippen molar-refractivity contribution in [3.05, 3.63) is 53.8 Å². The van der Waals surface area contributed by atoms with Crippen molar-refractivity contribution in [1.29, 1.82) is 0 Å². The average molecular weight is 234 g/mol. The van der Waals surface area contributed by atoms with Gasteiger partial charge >= 0.3 is 0 Å². The van der Waals surface area contributed by atoms with E-state index in [1.807, 2.05) is 0 Å². The minimum atomic E-state index is -0.359. The molecule has 0 N–H and O–H groups in total. The summed E-state index contributed by atoms with van der Waals surface area (Å²) in [6.45, 7) is 0.120. The smallest absolute Gasteiger partial charge is 0.296 e. The topological polar surface area (TPSA) is 47.5 Å². The molecule has 1 aromatic heterocycles. The number of rotatable bonds is 3. The first-order chi connectivity index (χ1) is 8.20. The maximum Gasteiger partial charge on any atom is 0.296 e. The highest BCUT2D eigenvalue weighted by molar-refractivity contribution is 5.95. The molecule has 0 unspecified atom stereocenters. The van der Waals surface area contributed by atoms with Crippen LogP contribution in [0.5, 0.6) is 0 Å². The molecule has 0 saturated heterocycles. The highest BCUT2D eigenvalue weighted by Gasteiger charge is 2.08. The van der Waals surface area contributed by atoms with E-state index in [1.54, 1.807) is 17.8 Å². The van der Waals surface area contributed by atoms with E-state index in [4.69, 9.17) is 4.42 Å². The quantitative estimate of drug-likeness (QED) is 0.758. The van der Waals surface area contributed by atoms with Crippen LogP contribution in [0.2, 0.25) is 0 Å². The molecule has 1 heterocycles. The Morgan fingerprint density at radius 2 is 2.12 bits per heavy atom. The monoisotopic (exact) mass is 234 g/mol. The van der Waals surface area contributed by atoms with E-state index in [9.17, 15) is 9.18 Å². The molecule has 5 heteroatoms. The SMILES string of the molecule is C/N=c1\occn1CC(=O)c1ccc(F)cc1. The zero-order valence-corrected chi connectivity index (χ0v) is 9.26. The summed E-state index contributed by atoms with van der Waals surface area (Å²) in [5, 5.41) is 0. The van der Waals surface area contributed by atoms with E-state index < -0.39 is 0 Å². The van der Waals surface area contributed by atoms with Crippen molar-refractivity contribution in [2.45, 2.75) is 6.54 Å². The lowest BCUT2D eigenvalue weighted by Crippen LogP contribution is -2.20. The van der Waals surface area contributed by atoms with Gasteiger partial charge in [0, 0.05) is 18.8 Å². The molecule has 4 nitrogen and oxygen atoms in total. The first-order valence-electron chi connectivity index (χ1n) is 5.06. The fourth-order valence-corrected chi connectivity index (χ4v) is 1.48. The molecule has 88 valence electrons. The van der Waals surface area contributed by atoms with Crippen LogP contribution < -0.4 is 5.68 Å². The number of benzene rings is 1. The van der Waals surface area contributed by atoms with E-state index >= 15 is 0 Å². The number of carbonyl (C=O) groups is 1. The standard InChI is InChI=1S/C12H11FN2O2/c1-14-12-15(6-7-17-12)8-11(16)9-2-4-10(13)5-3-9/h2-7H,8H2,1H3/b14-12-. The Kier molecular flexibility index (Phi) is 3.18. The van der Waals surface area contributed by atoms with Gasteiger partial charge in [-0.25, -0.2) is 9.38 Å². The zero-order chi connectivity index (χ0) is 12.3. The van der Waals surface area contributed by atoms with Gasteiger partial charge in [0.15, 0.2) is 5.78 Å². The molecule has 17 heavy (non-hydrogen) atoms. The Bertz CT molecular complexity index is 581. The molecule has 0 saturated carbocycles. The highest BCUT2D eigenvalue weighted by atomic mass is 19.1. The Hall–Kier alpha value is -2.17. The Balaban J connectivity index is 2.20. The predicted octanol–water partition coefficient (Wildman–Crippen LogP) is 1.63. The largest absolute Gasteiger partial charge is 0.432 e. The summed E-state index contributed by atoms with van der Waals surface area (Å²) < 4.78 is 19.3. The van der Waals surface area contributed by atoms with Gasteiger partial charge < -0.3 is 4.42 Å². The third-order valence-electron chi connectivity index (χ3n) is 2.33. The third-order valence-corrected chi connectivity index (χ3v) is 2.33. The minimum absolute atomic E-state index is 0.120. The van der Waals surface area contributed by atoms with Crippen molar-refractivity contribution in [3.8, 4) is 0 Å². The summed E-state index contributed by atoms with van der Waals surface area (Å²) in [5.74, 6) is -0.483. The molecule has 0 amide bonds. The molecule has 0 atom stereocenters. The Morgan fingerprint density at radius 3 is 2.76 bits per heavy atom. The Labute approximate surface area is 97.0 Å². The van der Waals surface area contributed by atoms with Gasteiger partial charge in [0.25, 0.3) is 5.68 Å². The average Bonchev–Trinajstić information content (AvgIpc) is 2.77. The van der Waals surface area contributed by atoms with Crippen molar-refractivity contribution in [3.63, 3.8) is 0 Å². The van der Waals surface area contributed by atoms with Crippen LogP contribution in [0.4, 0.5) is 4.39 Å². The maximum atomic E-state index is 12.7. The highest BCUT2D eigenvalue weighted by Crippen LogP contribution is 2.04. The molecule has 0 radical (unpaired) electrons. The molecule has 0 aliphatic carbocycles. The number of carbonyl (C=O) groups excluding carboxylic acids is 1. The number of halogens is 1. The second-order valence-corrected chi connectivity index (χ2v) is 3.47. The molecule has 0 spiro atoms. The lowest BCUT2D eigenvalue weighted by atomic mass is 10.1. The second kappa shape index (κ2) is 4.78. The maximum absolute atomic E-state index is 12.7. The summed E-state index contributed by atoms with van der Waals surface area (Å²) in [5.41, 5.74) is 0.836. The van der Waals surface area contributed by atoms with Gasteiger partial charge in [-0.3, -0.25) is 9.36 Å². The van der Waals surface area contributed by atoms with Gasteiger partial charge in [-0.1, -0.05) is 0 Å². The van der Waals surface area contributed by atoms with E-state index in [0.29, 0.717) is 11.2 Å². The fraction of sp³-hybridized carbons (Fsp3) is 0.167. The number of Topliss-reactive ketones (excluding diaryl/α,β-unsaturated/α-hetero) is 1. The number of aromatic nitrogens is 1. The summed E-state index contributed by atoms with van der Waals surface area (Å²) >= 11 is 0. The number of oxazole rings is 1. The molecule has 0 bridgehead atoms. The van der Waals surface area contributed by atoms with E-state index in [0.717, 1.165) is 0 Å². The van der Waals surface area contributed by atoms with Gasteiger partial charge in [0.1, 0.15) is 12.1 Å². The second-order valence-electron chi connectivity index (χ2n) is 3.47. The zero-order valence-electron chi connectivity index (χ0n) is 9.26. The molecule has 0 fully saturated rings. The van der Waals surface area contributed by atoms with Crippen molar-refractivity contribution >= 4 is 5.78 Å². The van der Waals surface area contributed by atoms with Crippen molar-refractivity contribution in [2.24, 2.45) is 4.99 Å². The minimum Gasteiger partial charge on any atom is -0.432 e. The number of hydrogen-bond donors (Lipinski definition) is 0. The normalized spacial score (nSPS) is 11.8. The number of hydrogen-bond acceptors (Lipinski definition) is 3. The van der Waals surface area contributed by atoms with Crippen molar-refractivity contribution in [2.75, 3.05) is 7.05 Å². The van der Waals surface area contributed by atoms with Gasteiger partial charge in [0.05, 0.1) is 6.54 Å². The van der Waals surface area contributed by atoms with E-state index in [2.05, 4.69) is 4.99 Å². The first-order valence-corrected chi connectivity index (χ1v) is 5.06. The summed E-state index contributed by atoms with van der Waals surface area (Å²) in [4.78, 5) is 15.7. The van der Waals surface area contributed by atoms with Crippen LogP contribution in [-0.2, 0) is 6.54 Å². The van der Waals surface area contributed by atoms with Crippen LogP contribution in [0.15, 0.2) is 46.1 Å². The molecule has 0 aliphatic rings. The van der Waals surface area contributed by atoms with Crippen LogP contribution in [0.25, 0.3) is 0 Å². The molecule has 2 aromatic rings. The van der Waals surface area contributed by atoms with Gasteiger partial charge in [-0.2, -0.15) is 0 Å². The molecule has 0 aliphatic heterocycles. The third kappa shape index (κ3) is 2.50.